The summed E-state index contributed by atoms with van der Waals surface area (Å²) in [5.41, 5.74) is -0.104. The number of aromatic amines is 2. The van der Waals surface area contributed by atoms with E-state index in [1.807, 2.05) is 0 Å². The van der Waals surface area contributed by atoms with Crippen LogP contribution in [0.2, 0.25) is 0 Å². The molecule has 0 fully saturated rings. The molecule has 2 aromatic heterocycles. The van der Waals surface area contributed by atoms with Crippen LogP contribution in [0.3, 0.4) is 0 Å². The third kappa shape index (κ3) is 2.39. The van der Waals surface area contributed by atoms with Crippen LogP contribution in [-0.4, -0.2) is 35.5 Å². The van der Waals surface area contributed by atoms with Gasteiger partial charge in [-0.05, 0) is 6.07 Å². The molecule has 0 saturated carbocycles. The average Bonchev–Trinajstić information content (AvgIpc) is 2.97. The Kier molecular flexibility index (Phi) is 2.99. The first-order chi connectivity index (χ1) is 10.1. The molecule has 21 heavy (non-hydrogen) atoms. The lowest BCUT2D eigenvalue weighted by atomic mass is 10.2. The van der Waals surface area contributed by atoms with Crippen LogP contribution >= 0.6 is 0 Å². The third-order valence-corrected chi connectivity index (χ3v) is 2.78. The van der Waals surface area contributed by atoms with Gasteiger partial charge in [0.15, 0.2) is 5.82 Å². The second kappa shape index (κ2) is 4.96. The monoisotopic (exact) mass is 288 g/mol. The zero-order valence-corrected chi connectivity index (χ0v) is 10.4. The normalized spacial score (nSPS) is 10.7. The van der Waals surface area contributed by atoms with Crippen LogP contribution in [0.4, 0.5) is 11.4 Å². The number of nitro benzene ring substituents is 1. The van der Waals surface area contributed by atoms with Crippen molar-refractivity contribution in [2.75, 3.05) is 5.32 Å². The number of hydrogen-bond donors (Lipinski definition) is 3. The molecule has 1 aromatic carbocycles. The Hall–Kier alpha value is -3.37. The Morgan fingerprint density at radius 1 is 1.38 bits per heavy atom. The van der Waals surface area contributed by atoms with Crippen LogP contribution in [0.15, 0.2) is 23.3 Å². The van der Waals surface area contributed by atoms with Gasteiger partial charge in [0.2, 0.25) is 0 Å². The number of benzene rings is 1. The first-order valence-electron chi connectivity index (χ1n) is 5.77. The largest absolute Gasteiger partial charge is 0.372 e. The van der Waals surface area contributed by atoms with Gasteiger partial charge in [-0.2, -0.15) is 5.21 Å². The van der Waals surface area contributed by atoms with Crippen LogP contribution in [-0.2, 0) is 6.54 Å². The van der Waals surface area contributed by atoms with Gasteiger partial charge in [-0.15, -0.1) is 10.2 Å². The topological polar surface area (TPSA) is 155 Å². The minimum absolute atomic E-state index is 0.145. The Labute approximate surface area is 115 Å². The Balaban J connectivity index is 2.05. The summed E-state index contributed by atoms with van der Waals surface area (Å²) in [6, 6.07) is 2.61. The highest BCUT2D eigenvalue weighted by molar-refractivity contribution is 5.86. The molecular formula is C10H8N8O3. The number of nitrogens with zero attached hydrogens (tertiary/aromatic N) is 5. The van der Waals surface area contributed by atoms with Crippen LogP contribution in [0.5, 0.6) is 0 Å². The van der Waals surface area contributed by atoms with Gasteiger partial charge in [0.1, 0.15) is 5.69 Å². The fourth-order valence-electron chi connectivity index (χ4n) is 1.83. The van der Waals surface area contributed by atoms with Crippen LogP contribution in [0, 0.1) is 10.1 Å². The summed E-state index contributed by atoms with van der Waals surface area (Å²) in [6.45, 7) is 0.145. The minimum Gasteiger partial charge on any atom is -0.372 e. The number of fused-ring (bicyclic) bond motifs is 1. The van der Waals surface area contributed by atoms with E-state index in [4.69, 9.17) is 0 Å². The quantitative estimate of drug-likeness (QED) is 0.446. The summed E-state index contributed by atoms with van der Waals surface area (Å²) in [5.74, 6) is 0.350. The number of rotatable bonds is 4. The molecule has 0 amide bonds. The molecule has 0 atom stereocenters. The fraction of sp³-hybridized carbons (Fsp3) is 0.100. The summed E-state index contributed by atoms with van der Waals surface area (Å²) in [5, 5.41) is 27.2. The molecule has 0 aliphatic carbocycles. The van der Waals surface area contributed by atoms with Gasteiger partial charge in [0, 0.05) is 6.07 Å². The SMILES string of the molecule is O=c1[nH]cnc2cc(NCc3nn[nH]n3)c([N+](=O)[O-])cc12. The molecule has 0 aliphatic heterocycles. The smallest absolute Gasteiger partial charge is 0.293 e. The summed E-state index contributed by atoms with van der Waals surface area (Å²) in [6.07, 6.45) is 1.24. The summed E-state index contributed by atoms with van der Waals surface area (Å²) < 4.78 is 0. The molecular weight excluding hydrogens is 280 g/mol. The van der Waals surface area contributed by atoms with E-state index in [1.54, 1.807) is 0 Å². The second-order valence-corrected chi connectivity index (χ2v) is 4.06. The summed E-state index contributed by atoms with van der Waals surface area (Å²) >= 11 is 0. The lowest BCUT2D eigenvalue weighted by Gasteiger charge is -2.06. The number of anilines is 1. The number of aromatic nitrogens is 6. The van der Waals surface area contributed by atoms with E-state index in [2.05, 4.69) is 35.9 Å². The minimum atomic E-state index is -0.579. The van der Waals surface area contributed by atoms with Gasteiger partial charge in [-0.25, -0.2) is 4.98 Å². The molecule has 2 heterocycles. The maximum Gasteiger partial charge on any atom is 0.293 e. The van der Waals surface area contributed by atoms with Gasteiger partial charge < -0.3 is 10.3 Å². The summed E-state index contributed by atoms with van der Waals surface area (Å²) in [7, 11) is 0. The van der Waals surface area contributed by atoms with Crippen molar-refractivity contribution < 1.29 is 4.92 Å². The van der Waals surface area contributed by atoms with E-state index >= 15 is 0 Å². The average molecular weight is 288 g/mol. The summed E-state index contributed by atoms with van der Waals surface area (Å²) in [4.78, 5) is 28.5. The Bertz CT molecular complexity index is 856. The predicted molar refractivity (Wildman–Crippen MR) is 70.5 cm³/mol. The highest BCUT2D eigenvalue weighted by Crippen LogP contribution is 2.28. The zero-order valence-electron chi connectivity index (χ0n) is 10.4. The second-order valence-electron chi connectivity index (χ2n) is 4.06. The van der Waals surface area contributed by atoms with E-state index in [0.29, 0.717) is 11.3 Å². The maximum absolute atomic E-state index is 11.6. The predicted octanol–water partition coefficient (Wildman–Crippen LogP) is -0.0435. The maximum atomic E-state index is 11.6. The molecule has 11 heteroatoms. The van der Waals surface area contributed by atoms with Gasteiger partial charge >= 0.3 is 0 Å². The van der Waals surface area contributed by atoms with Crippen molar-refractivity contribution in [3.8, 4) is 0 Å². The molecule has 3 rings (SSSR count). The van der Waals surface area contributed by atoms with Gasteiger partial charge in [-0.1, -0.05) is 5.21 Å². The van der Waals surface area contributed by atoms with Crippen molar-refractivity contribution in [2.24, 2.45) is 0 Å². The lowest BCUT2D eigenvalue weighted by molar-refractivity contribution is -0.383. The molecule has 0 bridgehead atoms. The molecule has 11 nitrogen and oxygen atoms in total. The van der Waals surface area contributed by atoms with Crippen molar-refractivity contribution in [1.82, 2.24) is 30.6 Å². The molecule has 3 N–H and O–H groups in total. The molecule has 0 spiro atoms. The standard InChI is InChI=1S/C10H8N8O3/c19-10-5-1-8(18(20)21)7(2-6(5)12-4-13-10)11-3-9-14-16-17-15-9/h1-2,4,11H,3H2,(H,12,13,19)(H,14,15,16,17). The van der Waals surface area contributed by atoms with E-state index in [1.165, 1.54) is 18.5 Å². The van der Waals surface area contributed by atoms with Crippen molar-refractivity contribution in [3.05, 3.63) is 44.8 Å². The van der Waals surface area contributed by atoms with Gasteiger partial charge in [-0.3, -0.25) is 14.9 Å². The van der Waals surface area contributed by atoms with Crippen LogP contribution in [0.1, 0.15) is 5.82 Å². The molecule has 0 radical (unpaired) electrons. The van der Waals surface area contributed by atoms with E-state index < -0.39 is 10.5 Å². The highest BCUT2D eigenvalue weighted by Gasteiger charge is 2.17. The lowest BCUT2D eigenvalue weighted by Crippen LogP contribution is -2.09. The zero-order chi connectivity index (χ0) is 14.8. The first kappa shape index (κ1) is 12.7. The molecule has 0 saturated heterocycles. The number of hydrogen-bond acceptors (Lipinski definition) is 8. The third-order valence-electron chi connectivity index (χ3n) is 2.78. The van der Waals surface area contributed by atoms with Crippen molar-refractivity contribution in [3.63, 3.8) is 0 Å². The molecule has 106 valence electrons. The highest BCUT2D eigenvalue weighted by atomic mass is 16.6. The van der Waals surface area contributed by atoms with Crippen molar-refractivity contribution in [1.29, 1.82) is 0 Å². The van der Waals surface area contributed by atoms with E-state index in [0.717, 1.165) is 0 Å². The van der Waals surface area contributed by atoms with Crippen LogP contribution in [0.25, 0.3) is 10.9 Å². The molecule has 0 aliphatic rings. The number of nitro groups is 1. The first-order valence-corrected chi connectivity index (χ1v) is 5.77. The van der Waals surface area contributed by atoms with E-state index in [9.17, 15) is 14.9 Å². The van der Waals surface area contributed by atoms with Gasteiger partial charge in [0.25, 0.3) is 11.2 Å². The number of nitrogens with one attached hydrogen (secondary N) is 3. The number of tetrazole rings is 1. The molecule has 0 unspecified atom stereocenters. The Morgan fingerprint density at radius 2 is 2.24 bits per heavy atom. The number of H-pyrrole nitrogens is 2. The van der Waals surface area contributed by atoms with E-state index in [-0.39, 0.29) is 23.3 Å². The van der Waals surface area contributed by atoms with Crippen molar-refractivity contribution >= 4 is 22.3 Å². The van der Waals surface area contributed by atoms with Crippen LogP contribution < -0.4 is 10.9 Å². The van der Waals surface area contributed by atoms with Gasteiger partial charge in [0.05, 0.1) is 28.7 Å². The fourth-order valence-corrected chi connectivity index (χ4v) is 1.83. The van der Waals surface area contributed by atoms with Crippen molar-refractivity contribution in [2.45, 2.75) is 6.54 Å². The Morgan fingerprint density at radius 3 is 2.95 bits per heavy atom. The molecule has 3 aromatic rings.